The lowest BCUT2D eigenvalue weighted by molar-refractivity contribution is 0.102. The van der Waals surface area contributed by atoms with Crippen molar-refractivity contribution in [2.24, 2.45) is 0 Å². The number of hydrogen-bond donors (Lipinski definition) is 1. The van der Waals surface area contributed by atoms with Gasteiger partial charge in [-0.3, -0.25) is 13.8 Å². The molecule has 1 heterocycles. The number of nitrogens with zero attached hydrogens (tertiary/aromatic N) is 3. The zero-order valence-electron chi connectivity index (χ0n) is 14.5. The van der Waals surface area contributed by atoms with E-state index < -0.39 is 13.7 Å². The summed E-state index contributed by atoms with van der Waals surface area (Å²) in [5, 5.41) is 11.5. The van der Waals surface area contributed by atoms with Crippen molar-refractivity contribution in [1.29, 1.82) is 5.26 Å². The van der Waals surface area contributed by atoms with Gasteiger partial charge in [-0.2, -0.15) is 5.26 Å². The quantitative estimate of drug-likeness (QED) is 0.651. The van der Waals surface area contributed by atoms with Crippen LogP contribution in [0.3, 0.4) is 0 Å². The first-order chi connectivity index (χ1) is 12.9. The van der Waals surface area contributed by atoms with Gasteiger partial charge in [-0.05, 0) is 32.0 Å². The Morgan fingerprint density at radius 1 is 1.26 bits per heavy atom. The van der Waals surface area contributed by atoms with Crippen molar-refractivity contribution in [1.82, 2.24) is 9.97 Å². The molecule has 0 aliphatic heterocycles. The Kier molecular flexibility index (Phi) is 7.28. The Bertz CT molecular complexity index is 891. The highest BCUT2D eigenvalue weighted by atomic mass is 35.5. The summed E-state index contributed by atoms with van der Waals surface area (Å²) in [6.45, 7) is 3.45. The molecule has 0 bridgehead atoms. The van der Waals surface area contributed by atoms with E-state index >= 15 is 0 Å². The van der Waals surface area contributed by atoms with Crippen LogP contribution in [-0.4, -0.2) is 29.1 Å². The molecule has 27 heavy (non-hydrogen) atoms. The number of phosphoric acid groups is 1. The van der Waals surface area contributed by atoms with Crippen LogP contribution in [0.4, 0.5) is 5.82 Å². The average Bonchev–Trinajstić information content (AvgIpc) is 2.64. The molecular weight excluding hydrogens is 395 g/mol. The van der Waals surface area contributed by atoms with Gasteiger partial charge in [0.1, 0.15) is 11.8 Å². The van der Waals surface area contributed by atoms with Crippen molar-refractivity contribution in [2.45, 2.75) is 13.8 Å². The lowest BCUT2D eigenvalue weighted by atomic mass is 10.2. The van der Waals surface area contributed by atoms with E-state index in [0.717, 1.165) is 0 Å². The minimum Gasteiger partial charge on any atom is -0.403 e. The molecule has 0 radical (unpaired) electrons. The topological polar surface area (TPSA) is 123 Å². The highest BCUT2D eigenvalue weighted by Crippen LogP contribution is 2.50. The number of aromatic nitrogens is 2. The third-order valence-corrected chi connectivity index (χ3v) is 4.78. The number of phosphoric ester groups is 1. The van der Waals surface area contributed by atoms with E-state index in [4.69, 9.17) is 30.4 Å². The Morgan fingerprint density at radius 3 is 2.52 bits per heavy atom. The number of nitrogens with one attached hydrogen (secondary N) is 1. The third-order valence-electron chi connectivity index (χ3n) is 2.98. The Morgan fingerprint density at radius 2 is 1.96 bits per heavy atom. The van der Waals surface area contributed by atoms with E-state index in [0.29, 0.717) is 0 Å². The molecule has 1 aromatic carbocycles. The smallest absolute Gasteiger partial charge is 0.403 e. The van der Waals surface area contributed by atoms with Crippen LogP contribution in [0, 0.1) is 11.3 Å². The van der Waals surface area contributed by atoms with Gasteiger partial charge in [0.2, 0.25) is 0 Å². The Balaban J connectivity index is 2.29. The minimum atomic E-state index is -3.90. The van der Waals surface area contributed by atoms with Crippen molar-refractivity contribution >= 4 is 31.1 Å². The van der Waals surface area contributed by atoms with Crippen LogP contribution in [0.5, 0.6) is 5.75 Å². The maximum absolute atomic E-state index is 12.6. The van der Waals surface area contributed by atoms with Gasteiger partial charge in [-0.1, -0.05) is 11.6 Å². The summed E-state index contributed by atoms with van der Waals surface area (Å²) in [6, 6.07) is 6.01. The number of carbonyl (C=O) groups excluding carboxylic acids is 1. The summed E-state index contributed by atoms with van der Waals surface area (Å²) in [5.41, 5.74) is 0.0995. The number of anilines is 1. The molecule has 9 nitrogen and oxygen atoms in total. The molecule has 1 amide bonds. The number of amides is 1. The van der Waals surface area contributed by atoms with E-state index in [1.807, 2.05) is 6.07 Å². The van der Waals surface area contributed by atoms with Crippen LogP contribution in [0.25, 0.3) is 0 Å². The van der Waals surface area contributed by atoms with Crippen LogP contribution < -0.4 is 9.84 Å². The molecule has 0 spiro atoms. The lowest BCUT2D eigenvalue weighted by Crippen LogP contribution is -2.15. The first kappa shape index (κ1) is 20.8. The summed E-state index contributed by atoms with van der Waals surface area (Å²) in [7, 11) is -3.90. The highest BCUT2D eigenvalue weighted by molar-refractivity contribution is 7.48. The summed E-state index contributed by atoms with van der Waals surface area (Å²) in [6.07, 6.45) is 2.44. The largest absolute Gasteiger partial charge is 0.530 e. The van der Waals surface area contributed by atoms with Gasteiger partial charge in [-0.25, -0.2) is 14.5 Å². The zero-order chi connectivity index (χ0) is 19.9. The van der Waals surface area contributed by atoms with Crippen LogP contribution >= 0.6 is 19.4 Å². The zero-order valence-corrected chi connectivity index (χ0v) is 16.2. The van der Waals surface area contributed by atoms with Crippen molar-refractivity contribution in [2.75, 3.05) is 18.5 Å². The van der Waals surface area contributed by atoms with Crippen LogP contribution in [0.1, 0.15) is 29.9 Å². The summed E-state index contributed by atoms with van der Waals surface area (Å²) < 4.78 is 28.1. The molecule has 0 aliphatic rings. The van der Waals surface area contributed by atoms with Crippen LogP contribution in [0.15, 0.2) is 30.6 Å². The van der Waals surface area contributed by atoms with Gasteiger partial charge in [0, 0.05) is 5.02 Å². The van der Waals surface area contributed by atoms with Gasteiger partial charge in [0.25, 0.3) is 5.91 Å². The molecular formula is C16H16ClN4O5P. The molecule has 0 aliphatic carbocycles. The first-order valence-electron chi connectivity index (χ1n) is 7.82. The molecule has 1 aromatic heterocycles. The summed E-state index contributed by atoms with van der Waals surface area (Å²) in [4.78, 5) is 20.3. The van der Waals surface area contributed by atoms with Crippen LogP contribution in [-0.2, 0) is 13.6 Å². The van der Waals surface area contributed by atoms with Crippen molar-refractivity contribution < 1.29 is 22.9 Å². The average molecular weight is 411 g/mol. The fraction of sp³-hybridized carbons (Fsp3) is 0.250. The van der Waals surface area contributed by atoms with Gasteiger partial charge < -0.3 is 9.84 Å². The third kappa shape index (κ3) is 5.74. The molecule has 1 N–H and O–H groups in total. The Labute approximate surface area is 160 Å². The molecule has 0 unspecified atom stereocenters. The number of carbonyl (C=O) groups is 1. The second-order valence-electron chi connectivity index (χ2n) is 4.87. The maximum Gasteiger partial charge on any atom is 0.530 e. The van der Waals surface area contributed by atoms with E-state index in [-0.39, 0.29) is 41.1 Å². The fourth-order valence-electron chi connectivity index (χ4n) is 1.92. The second kappa shape index (κ2) is 9.44. The van der Waals surface area contributed by atoms with Crippen molar-refractivity contribution in [3.63, 3.8) is 0 Å². The standard InChI is InChI=1S/C16H16ClN4O5P/c1-3-24-27(23,25-4-2)26-14-6-5-11(17)7-13(14)16(22)21-15-10-19-12(8-18)9-20-15/h5-7,9-10H,3-4H2,1-2H3,(H,20,21,22). The molecule has 0 fully saturated rings. The fourth-order valence-corrected chi connectivity index (χ4v) is 3.30. The monoisotopic (exact) mass is 410 g/mol. The molecule has 0 atom stereocenters. The molecule has 11 heteroatoms. The highest BCUT2D eigenvalue weighted by Gasteiger charge is 2.29. The number of nitriles is 1. The molecule has 2 rings (SSSR count). The van der Waals surface area contributed by atoms with Gasteiger partial charge in [-0.15, -0.1) is 0 Å². The van der Waals surface area contributed by atoms with Crippen molar-refractivity contribution in [3.05, 3.63) is 46.9 Å². The SMILES string of the molecule is CCOP(=O)(OCC)Oc1ccc(Cl)cc1C(=O)Nc1cnc(C#N)cn1. The van der Waals surface area contributed by atoms with E-state index in [1.165, 1.54) is 30.6 Å². The number of rotatable bonds is 8. The second-order valence-corrected chi connectivity index (χ2v) is 6.90. The summed E-state index contributed by atoms with van der Waals surface area (Å²) in [5.74, 6) is -0.558. The molecule has 0 saturated carbocycles. The van der Waals surface area contributed by atoms with Crippen LogP contribution in [0.2, 0.25) is 5.02 Å². The Hall–Kier alpha value is -2.50. The van der Waals surface area contributed by atoms with Crippen molar-refractivity contribution in [3.8, 4) is 11.8 Å². The number of benzene rings is 1. The maximum atomic E-state index is 12.6. The minimum absolute atomic E-state index is 0.00621. The predicted octanol–water partition coefficient (Wildman–Crippen LogP) is 3.81. The molecule has 142 valence electrons. The molecule has 0 saturated heterocycles. The molecule has 2 aromatic rings. The van der Waals surface area contributed by atoms with Gasteiger partial charge >= 0.3 is 7.82 Å². The normalized spacial score (nSPS) is 10.9. The predicted molar refractivity (Wildman–Crippen MR) is 97.6 cm³/mol. The van der Waals surface area contributed by atoms with E-state index in [1.54, 1.807) is 13.8 Å². The number of halogens is 1. The lowest BCUT2D eigenvalue weighted by Gasteiger charge is -2.19. The van der Waals surface area contributed by atoms with Gasteiger partial charge in [0.15, 0.2) is 11.5 Å². The number of hydrogen-bond acceptors (Lipinski definition) is 8. The van der Waals surface area contributed by atoms with E-state index in [9.17, 15) is 9.36 Å². The van der Waals surface area contributed by atoms with E-state index in [2.05, 4.69) is 15.3 Å². The summed E-state index contributed by atoms with van der Waals surface area (Å²) >= 11 is 5.97. The first-order valence-corrected chi connectivity index (χ1v) is 9.66. The van der Waals surface area contributed by atoms with Gasteiger partial charge in [0.05, 0.1) is 31.2 Å².